The van der Waals surface area contributed by atoms with Crippen LogP contribution in [0, 0.1) is 0 Å². The lowest BCUT2D eigenvalue weighted by molar-refractivity contribution is 0.295. The second-order valence-electron chi connectivity index (χ2n) is 2.41. The molecule has 0 saturated heterocycles. The zero-order valence-electron chi connectivity index (χ0n) is 8.91. The van der Waals surface area contributed by atoms with Crippen molar-refractivity contribution in [2.45, 2.75) is 5.88 Å². The van der Waals surface area contributed by atoms with Gasteiger partial charge in [0.05, 0.1) is 7.11 Å². The maximum atomic E-state index is 11.7. The van der Waals surface area contributed by atoms with E-state index in [9.17, 15) is 9.36 Å². The fourth-order valence-electron chi connectivity index (χ4n) is 0.757. The molecule has 0 spiro atoms. The van der Waals surface area contributed by atoms with Crippen LogP contribution in [-0.2, 0) is 19.5 Å². The van der Waals surface area contributed by atoms with Crippen LogP contribution in [-0.4, -0.2) is 31.1 Å². The normalized spacial score (nSPS) is 11.7. The van der Waals surface area contributed by atoms with Crippen LogP contribution in [0.25, 0.3) is 0 Å². The van der Waals surface area contributed by atoms with E-state index in [2.05, 4.69) is 5.10 Å². The molecule has 0 aliphatic rings. The Morgan fingerprint density at radius 2 is 2.06 bits per heavy atom. The lowest BCUT2D eigenvalue weighted by Gasteiger charge is -2.11. The summed E-state index contributed by atoms with van der Waals surface area (Å²) in [5.74, 6) is 0.0810. The fourth-order valence-corrected chi connectivity index (χ4v) is 3.59. The van der Waals surface area contributed by atoms with Crippen molar-refractivity contribution in [1.82, 2.24) is 9.78 Å². The number of rotatable bonds is 6. The average molecular weight is 286 g/mol. The molecule has 0 aliphatic heterocycles. The van der Waals surface area contributed by atoms with Gasteiger partial charge in [-0.15, -0.1) is 5.10 Å². The molecule has 7 nitrogen and oxygen atoms in total. The molecular weight excluding hydrogens is 275 g/mol. The summed E-state index contributed by atoms with van der Waals surface area (Å²) in [6.45, 7) is -3.18. The summed E-state index contributed by atoms with van der Waals surface area (Å²) in [5.41, 5.74) is 0. The molecule has 10 heteroatoms. The first-order valence-electron chi connectivity index (χ1n) is 4.02. The van der Waals surface area contributed by atoms with Crippen LogP contribution >= 0.6 is 29.5 Å². The Bertz CT molecular complexity index is 436. The molecule has 0 N–H and O–H groups in total. The van der Waals surface area contributed by atoms with Crippen LogP contribution in [0.4, 0.5) is 0 Å². The summed E-state index contributed by atoms with van der Waals surface area (Å²) in [6.07, 6.45) is 0. The smallest absolute Gasteiger partial charge is 0.390 e. The molecule has 0 aliphatic carbocycles. The van der Waals surface area contributed by atoms with Crippen LogP contribution in [0.2, 0.25) is 0 Å². The number of nitrogens with zero attached hydrogens (tertiary/aromatic N) is 2. The molecule has 1 aromatic rings. The van der Waals surface area contributed by atoms with Gasteiger partial charge >= 0.3 is 11.7 Å². The van der Waals surface area contributed by atoms with Gasteiger partial charge in [0.2, 0.25) is 0 Å². The maximum Gasteiger partial charge on any atom is 0.390 e. The highest BCUT2D eigenvalue weighted by Crippen LogP contribution is 2.59. The highest BCUT2D eigenvalue weighted by molar-refractivity contribution is 8.54. The van der Waals surface area contributed by atoms with Gasteiger partial charge < -0.3 is 13.8 Å². The molecule has 0 radical (unpaired) electrons. The summed E-state index contributed by atoms with van der Waals surface area (Å²) in [4.78, 5) is 11.1. The number of aromatic nitrogens is 2. The Labute approximate surface area is 100.0 Å². The van der Waals surface area contributed by atoms with Crippen LogP contribution in [0.1, 0.15) is 0 Å². The third-order valence-electron chi connectivity index (χ3n) is 1.55. The van der Waals surface area contributed by atoms with Crippen molar-refractivity contribution in [2.24, 2.45) is 0 Å². The van der Waals surface area contributed by atoms with Crippen molar-refractivity contribution in [1.29, 1.82) is 0 Å². The molecule has 92 valence electrons. The molecule has 0 unspecified atom stereocenters. The Balaban J connectivity index is 2.71. The van der Waals surface area contributed by atoms with Gasteiger partial charge in [0.1, 0.15) is 5.88 Å². The van der Waals surface area contributed by atoms with E-state index in [1.807, 2.05) is 0 Å². The van der Waals surface area contributed by atoms with E-state index >= 15 is 0 Å². The number of hydrogen-bond donors (Lipinski definition) is 0. The SMILES string of the molecule is COc1nn(CSP(=O)(OC)OC)c(=O)s1. The second kappa shape index (κ2) is 5.83. The van der Waals surface area contributed by atoms with E-state index in [1.54, 1.807) is 0 Å². The molecule has 1 rings (SSSR count). The van der Waals surface area contributed by atoms with Gasteiger partial charge in [-0.25, -0.2) is 9.25 Å². The topological polar surface area (TPSA) is 79.7 Å². The Morgan fingerprint density at radius 1 is 1.44 bits per heavy atom. The molecule has 0 fully saturated rings. The molecule has 0 saturated carbocycles. The van der Waals surface area contributed by atoms with E-state index in [-0.39, 0.29) is 15.9 Å². The first-order chi connectivity index (χ1) is 7.54. The van der Waals surface area contributed by atoms with Gasteiger partial charge in [0, 0.05) is 14.2 Å². The quantitative estimate of drug-likeness (QED) is 0.731. The number of methoxy groups -OCH3 is 1. The largest absolute Gasteiger partial charge is 0.472 e. The van der Waals surface area contributed by atoms with Gasteiger partial charge in [-0.05, 0) is 22.7 Å². The molecule has 1 aromatic heterocycles. The minimum atomic E-state index is -3.18. The van der Waals surface area contributed by atoms with Crippen molar-refractivity contribution in [2.75, 3.05) is 21.3 Å². The van der Waals surface area contributed by atoms with Gasteiger partial charge in [-0.2, -0.15) is 0 Å². The van der Waals surface area contributed by atoms with Crippen molar-refractivity contribution < 1.29 is 18.3 Å². The number of hydrogen-bond acceptors (Lipinski definition) is 8. The fraction of sp³-hybridized carbons (Fsp3) is 0.667. The standard InChI is InChI=1S/C6H11N2O5PS2/c1-11-5-7-8(6(9)16-5)4-15-14(10,12-2)13-3/h4H2,1-3H3. The predicted molar refractivity (Wildman–Crippen MR) is 62.1 cm³/mol. The lowest BCUT2D eigenvalue weighted by Crippen LogP contribution is -2.12. The van der Waals surface area contributed by atoms with Crippen molar-refractivity contribution in [3.63, 3.8) is 0 Å². The Morgan fingerprint density at radius 3 is 2.50 bits per heavy atom. The van der Waals surface area contributed by atoms with Crippen LogP contribution < -0.4 is 9.61 Å². The minimum Gasteiger partial charge on any atom is -0.472 e. The summed E-state index contributed by atoms with van der Waals surface area (Å²) in [5, 5.41) is 4.11. The van der Waals surface area contributed by atoms with Gasteiger partial charge in [0.15, 0.2) is 0 Å². The summed E-state index contributed by atoms with van der Waals surface area (Å²) in [7, 11) is 3.98. The van der Waals surface area contributed by atoms with Crippen molar-refractivity contribution in [3.05, 3.63) is 9.67 Å². The van der Waals surface area contributed by atoms with E-state index in [0.717, 1.165) is 27.4 Å². The second-order valence-corrected chi connectivity index (χ2v) is 7.57. The lowest BCUT2D eigenvalue weighted by atomic mass is 11.2. The summed E-state index contributed by atoms with van der Waals surface area (Å²) >= 11 is 1.75. The molecule has 1 heterocycles. The highest BCUT2D eigenvalue weighted by Gasteiger charge is 2.23. The molecule has 0 aromatic carbocycles. The Hall–Kier alpha value is -0.340. The van der Waals surface area contributed by atoms with Crippen molar-refractivity contribution >= 4 is 29.5 Å². The number of ether oxygens (including phenoxy) is 1. The average Bonchev–Trinajstić information content (AvgIpc) is 2.67. The van der Waals surface area contributed by atoms with Crippen LogP contribution in [0.3, 0.4) is 0 Å². The molecule has 0 bridgehead atoms. The monoisotopic (exact) mass is 286 g/mol. The van der Waals surface area contributed by atoms with Gasteiger partial charge in [0.25, 0.3) is 5.19 Å². The Kier molecular flexibility index (Phi) is 5.00. The van der Waals surface area contributed by atoms with E-state index in [0.29, 0.717) is 0 Å². The zero-order chi connectivity index (χ0) is 12.2. The van der Waals surface area contributed by atoms with E-state index in [1.165, 1.54) is 21.3 Å². The summed E-state index contributed by atoms with van der Waals surface area (Å²) in [6, 6.07) is 0. The third kappa shape index (κ3) is 3.33. The first-order valence-corrected chi connectivity index (χ1v) is 7.97. The van der Waals surface area contributed by atoms with E-state index in [4.69, 9.17) is 13.8 Å². The molecule has 0 atom stereocenters. The third-order valence-corrected chi connectivity index (χ3v) is 6.12. The molecule has 0 amide bonds. The van der Waals surface area contributed by atoms with E-state index < -0.39 is 6.80 Å². The molecule has 16 heavy (non-hydrogen) atoms. The highest BCUT2D eigenvalue weighted by atomic mass is 32.7. The van der Waals surface area contributed by atoms with Crippen LogP contribution in [0.5, 0.6) is 5.19 Å². The maximum absolute atomic E-state index is 11.7. The first kappa shape index (κ1) is 13.7. The van der Waals surface area contributed by atoms with Crippen molar-refractivity contribution in [3.8, 4) is 5.19 Å². The zero-order valence-corrected chi connectivity index (χ0v) is 11.4. The molecular formula is C6H11N2O5PS2. The predicted octanol–water partition coefficient (Wildman–Crippen LogP) is 1.40. The minimum absolute atomic E-state index is 0.0810. The summed E-state index contributed by atoms with van der Waals surface area (Å²) < 4.78 is 27.0. The van der Waals surface area contributed by atoms with Gasteiger partial charge in [-0.3, -0.25) is 4.79 Å². The van der Waals surface area contributed by atoms with Crippen LogP contribution in [0.15, 0.2) is 4.79 Å². The van der Waals surface area contributed by atoms with Gasteiger partial charge in [-0.1, -0.05) is 0 Å².